The summed E-state index contributed by atoms with van der Waals surface area (Å²) in [6.07, 6.45) is -0.736. The molecule has 1 atom stereocenters. The molecule has 1 unspecified atom stereocenters. The first-order valence-corrected chi connectivity index (χ1v) is 6.54. The SMILES string of the molecule is COc1cccc(C(O)c2ccc(C)cc2C)c1OC. The van der Waals surface area contributed by atoms with Crippen LogP contribution in [-0.4, -0.2) is 19.3 Å². The third-order valence-corrected chi connectivity index (χ3v) is 3.45. The molecule has 3 nitrogen and oxygen atoms in total. The van der Waals surface area contributed by atoms with E-state index in [2.05, 4.69) is 6.07 Å². The van der Waals surface area contributed by atoms with Crippen LogP contribution in [0.25, 0.3) is 0 Å². The van der Waals surface area contributed by atoms with E-state index in [1.807, 2.05) is 44.2 Å². The second kappa shape index (κ2) is 5.97. The molecule has 0 aliphatic heterocycles. The number of hydrogen-bond donors (Lipinski definition) is 1. The molecule has 0 spiro atoms. The fraction of sp³-hybridized carbons (Fsp3) is 0.294. The van der Waals surface area contributed by atoms with Crippen molar-refractivity contribution in [1.82, 2.24) is 0 Å². The van der Waals surface area contributed by atoms with Crippen molar-refractivity contribution in [3.8, 4) is 11.5 Å². The predicted molar refractivity (Wildman–Crippen MR) is 79.5 cm³/mol. The third kappa shape index (κ3) is 2.63. The summed E-state index contributed by atoms with van der Waals surface area (Å²) < 4.78 is 10.7. The van der Waals surface area contributed by atoms with Gasteiger partial charge < -0.3 is 14.6 Å². The van der Waals surface area contributed by atoms with Crippen molar-refractivity contribution in [2.75, 3.05) is 14.2 Å². The maximum atomic E-state index is 10.7. The Morgan fingerprint density at radius 2 is 1.70 bits per heavy atom. The number of aryl methyl sites for hydroxylation is 2. The largest absolute Gasteiger partial charge is 0.493 e. The number of ether oxygens (including phenoxy) is 2. The second-order valence-corrected chi connectivity index (χ2v) is 4.85. The molecule has 0 bridgehead atoms. The topological polar surface area (TPSA) is 38.7 Å². The second-order valence-electron chi connectivity index (χ2n) is 4.85. The fourth-order valence-corrected chi connectivity index (χ4v) is 2.43. The highest BCUT2D eigenvalue weighted by Crippen LogP contribution is 2.37. The summed E-state index contributed by atoms with van der Waals surface area (Å²) in [5, 5.41) is 10.7. The van der Waals surface area contributed by atoms with E-state index in [9.17, 15) is 5.11 Å². The maximum absolute atomic E-state index is 10.7. The Labute approximate surface area is 119 Å². The summed E-state index contributed by atoms with van der Waals surface area (Å²) in [6, 6.07) is 11.5. The van der Waals surface area contributed by atoms with Crippen molar-refractivity contribution in [1.29, 1.82) is 0 Å². The van der Waals surface area contributed by atoms with Gasteiger partial charge in [-0.3, -0.25) is 0 Å². The van der Waals surface area contributed by atoms with Gasteiger partial charge in [-0.05, 0) is 31.0 Å². The number of rotatable bonds is 4. The molecule has 0 saturated heterocycles. The number of methoxy groups -OCH3 is 2. The maximum Gasteiger partial charge on any atom is 0.166 e. The van der Waals surface area contributed by atoms with Crippen LogP contribution in [0.1, 0.15) is 28.4 Å². The molecule has 0 aromatic heterocycles. The molecule has 0 saturated carbocycles. The van der Waals surface area contributed by atoms with Crippen molar-refractivity contribution >= 4 is 0 Å². The highest BCUT2D eigenvalue weighted by Gasteiger charge is 2.19. The van der Waals surface area contributed by atoms with Gasteiger partial charge in [0.1, 0.15) is 6.10 Å². The van der Waals surface area contributed by atoms with Gasteiger partial charge in [-0.1, -0.05) is 35.9 Å². The van der Waals surface area contributed by atoms with E-state index in [0.717, 1.165) is 11.1 Å². The van der Waals surface area contributed by atoms with Gasteiger partial charge in [0, 0.05) is 5.56 Å². The van der Waals surface area contributed by atoms with Crippen molar-refractivity contribution in [3.63, 3.8) is 0 Å². The predicted octanol–water partition coefficient (Wildman–Crippen LogP) is 3.40. The molecular weight excluding hydrogens is 252 g/mol. The summed E-state index contributed by atoms with van der Waals surface area (Å²) in [5.41, 5.74) is 3.82. The number of aliphatic hydroxyl groups is 1. The first-order valence-electron chi connectivity index (χ1n) is 6.54. The van der Waals surface area contributed by atoms with E-state index in [1.165, 1.54) is 5.56 Å². The Hall–Kier alpha value is -2.00. The number of aliphatic hydroxyl groups excluding tert-OH is 1. The Morgan fingerprint density at radius 3 is 2.30 bits per heavy atom. The normalized spacial score (nSPS) is 12.1. The Kier molecular flexibility index (Phi) is 4.30. The monoisotopic (exact) mass is 272 g/mol. The van der Waals surface area contributed by atoms with Gasteiger partial charge in [0.2, 0.25) is 0 Å². The van der Waals surface area contributed by atoms with Gasteiger partial charge in [-0.15, -0.1) is 0 Å². The number of benzene rings is 2. The van der Waals surface area contributed by atoms with Crippen LogP contribution < -0.4 is 9.47 Å². The van der Waals surface area contributed by atoms with Gasteiger partial charge in [-0.2, -0.15) is 0 Å². The highest BCUT2D eigenvalue weighted by molar-refractivity contribution is 5.51. The lowest BCUT2D eigenvalue weighted by Gasteiger charge is -2.19. The van der Waals surface area contributed by atoms with E-state index in [0.29, 0.717) is 17.1 Å². The minimum absolute atomic E-state index is 0.572. The number of para-hydroxylation sites is 1. The molecule has 2 aromatic carbocycles. The van der Waals surface area contributed by atoms with Crippen LogP contribution in [0.4, 0.5) is 0 Å². The van der Waals surface area contributed by atoms with Crippen LogP contribution in [0, 0.1) is 13.8 Å². The van der Waals surface area contributed by atoms with Crippen molar-refractivity contribution in [2.24, 2.45) is 0 Å². The first-order chi connectivity index (χ1) is 9.58. The molecule has 0 radical (unpaired) electrons. The van der Waals surface area contributed by atoms with E-state index in [1.54, 1.807) is 14.2 Å². The Morgan fingerprint density at radius 1 is 0.950 bits per heavy atom. The lowest BCUT2D eigenvalue weighted by molar-refractivity contribution is 0.212. The van der Waals surface area contributed by atoms with Crippen molar-refractivity contribution in [3.05, 3.63) is 58.7 Å². The van der Waals surface area contributed by atoms with Crippen LogP contribution in [0.2, 0.25) is 0 Å². The smallest absolute Gasteiger partial charge is 0.166 e. The van der Waals surface area contributed by atoms with Crippen LogP contribution in [0.15, 0.2) is 36.4 Å². The lowest BCUT2D eigenvalue weighted by Crippen LogP contribution is -2.05. The molecule has 0 amide bonds. The van der Waals surface area contributed by atoms with Gasteiger partial charge in [0.15, 0.2) is 11.5 Å². The van der Waals surface area contributed by atoms with Gasteiger partial charge in [0.25, 0.3) is 0 Å². The molecule has 0 aliphatic rings. The summed E-state index contributed by atoms with van der Waals surface area (Å²) in [4.78, 5) is 0. The zero-order valence-electron chi connectivity index (χ0n) is 12.3. The Balaban J connectivity index is 2.50. The first kappa shape index (κ1) is 14.4. The van der Waals surface area contributed by atoms with Gasteiger partial charge in [0.05, 0.1) is 14.2 Å². The molecule has 1 N–H and O–H groups in total. The van der Waals surface area contributed by atoms with E-state index in [-0.39, 0.29) is 0 Å². The average molecular weight is 272 g/mol. The summed E-state index contributed by atoms with van der Waals surface area (Å²) in [7, 11) is 3.17. The zero-order valence-corrected chi connectivity index (χ0v) is 12.3. The van der Waals surface area contributed by atoms with E-state index >= 15 is 0 Å². The van der Waals surface area contributed by atoms with E-state index < -0.39 is 6.10 Å². The third-order valence-electron chi connectivity index (χ3n) is 3.45. The zero-order chi connectivity index (χ0) is 14.7. The fourth-order valence-electron chi connectivity index (χ4n) is 2.43. The standard InChI is InChI=1S/C17H20O3/c1-11-8-9-13(12(2)10-11)16(18)14-6-5-7-15(19-3)17(14)20-4/h5-10,16,18H,1-4H3. The molecule has 0 aliphatic carbocycles. The molecule has 0 fully saturated rings. The van der Waals surface area contributed by atoms with Crippen molar-refractivity contribution in [2.45, 2.75) is 20.0 Å². The highest BCUT2D eigenvalue weighted by atomic mass is 16.5. The van der Waals surface area contributed by atoms with Crippen LogP contribution in [0.5, 0.6) is 11.5 Å². The van der Waals surface area contributed by atoms with E-state index in [4.69, 9.17) is 9.47 Å². The molecule has 20 heavy (non-hydrogen) atoms. The summed E-state index contributed by atoms with van der Waals surface area (Å²) in [5.74, 6) is 1.19. The molecule has 3 heteroatoms. The quantitative estimate of drug-likeness (QED) is 0.927. The van der Waals surface area contributed by atoms with Gasteiger partial charge in [-0.25, -0.2) is 0 Å². The average Bonchev–Trinajstić information content (AvgIpc) is 2.45. The van der Waals surface area contributed by atoms with Crippen LogP contribution in [-0.2, 0) is 0 Å². The molecule has 2 aromatic rings. The minimum atomic E-state index is -0.736. The Bertz CT molecular complexity index is 605. The number of hydrogen-bond acceptors (Lipinski definition) is 3. The summed E-state index contributed by atoms with van der Waals surface area (Å²) >= 11 is 0. The molecule has 2 rings (SSSR count). The molecule has 106 valence electrons. The van der Waals surface area contributed by atoms with Crippen LogP contribution in [0.3, 0.4) is 0 Å². The summed E-state index contributed by atoms with van der Waals surface area (Å²) in [6.45, 7) is 4.04. The van der Waals surface area contributed by atoms with Crippen LogP contribution >= 0.6 is 0 Å². The molecule has 0 heterocycles. The van der Waals surface area contributed by atoms with Crippen molar-refractivity contribution < 1.29 is 14.6 Å². The minimum Gasteiger partial charge on any atom is -0.493 e. The lowest BCUT2D eigenvalue weighted by atomic mass is 9.95. The molecular formula is C17H20O3. The van der Waals surface area contributed by atoms with Gasteiger partial charge >= 0.3 is 0 Å².